The molecule has 1 amide bonds. The molecule has 0 fully saturated rings. The second-order valence-electron chi connectivity index (χ2n) is 5.51. The Balaban J connectivity index is 1.48. The van der Waals surface area contributed by atoms with E-state index in [4.69, 9.17) is 4.74 Å². The Morgan fingerprint density at radius 2 is 2.05 bits per heavy atom. The minimum atomic E-state index is -0.0532. The third-order valence-corrected chi connectivity index (χ3v) is 3.75. The van der Waals surface area contributed by atoms with Gasteiger partial charge >= 0.3 is 0 Å². The van der Waals surface area contributed by atoms with Crippen LogP contribution in [0.25, 0.3) is 0 Å². The zero-order chi connectivity index (χ0) is 15.4. The second-order valence-corrected chi connectivity index (χ2v) is 5.51. The maximum absolute atomic E-state index is 12.1. The van der Waals surface area contributed by atoms with Crippen molar-refractivity contribution in [3.05, 3.63) is 64.7 Å². The summed E-state index contributed by atoms with van der Waals surface area (Å²) in [6.45, 7) is 4.70. The van der Waals surface area contributed by atoms with Gasteiger partial charge in [0.05, 0.1) is 6.54 Å². The van der Waals surface area contributed by atoms with Gasteiger partial charge in [0.1, 0.15) is 12.4 Å². The smallest absolute Gasteiger partial charge is 0.251 e. The van der Waals surface area contributed by atoms with E-state index in [1.807, 2.05) is 49.4 Å². The molecule has 22 heavy (non-hydrogen) atoms. The Bertz CT molecular complexity index is 683. The molecule has 3 rings (SSSR count). The summed E-state index contributed by atoms with van der Waals surface area (Å²) in [5, 5.41) is 6.17. The van der Waals surface area contributed by atoms with Crippen LogP contribution in [-0.2, 0) is 13.1 Å². The van der Waals surface area contributed by atoms with E-state index in [0.717, 1.165) is 24.4 Å². The van der Waals surface area contributed by atoms with Gasteiger partial charge in [-0.3, -0.25) is 4.79 Å². The number of nitrogens with one attached hydrogen (secondary N) is 2. The van der Waals surface area contributed by atoms with E-state index < -0.39 is 0 Å². The molecule has 1 heterocycles. The minimum Gasteiger partial charge on any atom is -0.492 e. The standard InChI is InChI=1S/C18H20N2O2/c1-13-3-2-4-17(9-13)22-8-7-20-18(21)14-5-6-15-11-19-12-16(15)10-14/h2-6,9-10,19H,7-8,11-12H2,1H3,(H,20,21). The first-order chi connectivity index (χ1) is 10.7. The summed E-state index contributed by atoms with van der Waals surface area (Å²) in [7, 11) is 0. The van der Waals surface area contributed by atoms with Crippen LogP contribution in [0.3, 0.4) is 0 Å². The van der Waals surface area contributed by atoms with Crippen molar-refractivity contribution in [2.45, 2.75) is 20.0 Å². The number of hydrogen-bond acceptors (Lipinski definition) is 3. The van der Waals surface area contributed by atoms with Crippen molar-refractivity contribution >= 4 is 5.91 Å². The number of carbonyl (C=O) groups is 1. The molecule has 2 aromatic carbocycles. The quantitative estimate of drug-likeness (QED) is 0.833. The highest BCUT2D eigenvalue weighted by Gasteiger charge is 2.13. The molecule has 0 saturated heterocycles. The fourth-order valence-electron chi connectivity index (χ4n) is 2.58. The van der Waals surface area contributed by atoms with E-state index in [1.54, 1.807) is 0 Å². The van der Waals surface area contributed by atoms with Crippen molar-refractivity contribution < 1.29 is 9.53 Å². The molecular formula is C18H20N2O2. The lowest BCUT2D eigenvalue weighted by Crippen LogP contribution is -2.28. The average molecular weight is 296 g/mol. The highest BCUT2D eigenvalue weighted by atomic mass is 16.5. The van der Waals surface area contributed by atoms with Crippen LogP contribution < -0.4 is 15.4 Å². The minimum absolute atomic E-state index is 0.0532. The van der Waals surface area contributed by atoms with Crippen molar-refractivity contribution in [1.29, 1.82) is 0 Å². The van der Waals surface area contributed by atoms with Crippen LogP contribution >= 0.6 is 0 Å². The molecule has 2 aromatic rings. The van der Waals surface area contributed by atoms with Gasteiger partial charge < -0.3 is 15.4 Å². The maximum Gasteiger partial charge on any atom is 0.251 e. The van der Waals surface area contributed by atoms with E-state index >= 15 is 0 Å². The maximum atomic E-state index is 12.1. The topological polar surface area (TPSA) is 50.4 Å². The Kier molecular flexibility index (Phi) is 4.39. The van der Waals surface area contributed by atoms with Gasteiger partial charge in [-0.05, 0) is 47.9 Å². The van der Waals surface area contributed by atoms with E-state index in [0.29, 0.717) is 18.7 Å². The predicted molar refractivity (Wildman–Crippen MR) is 86.0 cm³/mol. The van der Waals surface area contributed by atoms with Crippen LogP contribution in [0.2, 0.25) is 0 Å². The molecule has 0 bridgehead atoms. The van der Waals surface area contributed by atoms with Crippen molar-refractivity contribution in [1.82, 2.24) is 10.6 Å². The van der Waals surface area contributed by atoms with Crippen LogP contribution in [0.1, 0.15) is 27.0 Å². The van der Waals surface area contributed by atoms with Crippen molar-refractivity contribution in [3.8, 4) is 5.75 Å². The number of ether oxygens (including phenoxy) is 1. The number of hydrogen-bond donors (Lipinski definition) is 2. The summed E-state index contributed by atoms with van der Waals surface area (Å²) < 4.78 is 5.62. The molecule has 2 N–H and O–H groups in total. The first kappa shape index (κ1) is 14.6. The summed E-state index contributed by atoms with van der Waals surface area (Å²) >= 11 is 0. The molecule has 0 aliphatic carbocycles. The van der Waals surface area contributed by atoms with Gasteiger partial charge in [0.25, 0.3) is 5.91 Å². The molecule has 1 aliphatic heterocycles. The van der Waals surface area contributed by atoms with Crippen LogP contribution in [0.4, 0.5) is 0 Å². The lowest BCUT2D eigenvalue weighted by atomic mass is 10.1. The van der Waals surface area contributed by atoms with Gasteiger partial charge in [-0.2, -0.15) is 0 Å². The largest absolute Gasteiger partial charge is 0.492 e. The molecule has 0 aromatic heterocycles. The first-order valence-corrected chi connectivity index (χ1v) is 7.52. The summed E-state index contributed by atoms with van der Waals surface area (Å²) in [5.41, 5.74) is 4.36. The molecular weight excluding hydrogens is 276 g/mol. The fraction of sp³-hybridized carbons (Fsp3) is 0.278. The zero-order valence-electron chi connectivity index (χ0n) is 12.7. The van der Waals surface area contributed by atoms with E-state index in [2.05, 4.69) is 10.6 Å². The van der Waals surface area contributed by atoms with Gasteiger partial charge in [-0.25, -0.2) is 0 Å². The van der Waals surface area contributed by atoms with Gasteiger partial charge in [-0.1, -0.05) is 18.2 Å². The Hall–Kier alpha value is -2.33. The van der Waals surface area contributed by atoms with Crippen LogP contribution in [-0.4, -0.2) is 19.1 Å². The third-order valence-electron chi connectivity index (χ3n) is 3.75. The molecule has 0 saturated carbocycles. The average Bonchev–Trinajstić information content (AvgIpc) is 2.99. The molecule has 114 valence electrons. The Morgan fingerprint density at radius 1 is 1.18 bits per heavy atom. The molecule has 0 unspecified atom stereocenters. The molecule has 1 aliphatic rings. The van der Waals surface area contributed by atoms with Gasteiger partial charge in [0, 0.05) is 18.7 Å². The van der Waals surface area contributed by atoms with Crippen LogP contribution in [0.15, 0.2) is 42.5 Å². The second kappa shape index (κ2) is 6.62. The van der Waals surface area contributed by atoms with Crippen LogP contribution in [0.5, 0.6) is 5.75 Å². The number of rotatable bonds is 5. The van der Waals surface area contributed by atoms with Crippen LogP contribution in [0, 0.1) is 6.92 Å². The Labute approximate surface area is 130 Å². The molecule has 4 heteroatoms. The van der Waals surface area contributed by atoms with Crippen molar-refractivity contribution in [3.63, 3.8) is 0 Å². The summed E-state index contributed by atoms with van der Waals surface area (Å²) in [5.74, 6) is 0.778. The lowest BCUT2D eigenvalue weighted by Gasteiger charge is -2.09. The molecule has 0 radical (unpaired) electrons. The molecule has 0 atom stereocenters. The molecule has 0 spiro atoms. The number of aryl methyl sites for hydroxylation is 1. The number of amides is 1. The predicted octanol–water partition coefficient (Wildman–Crippen LogP) is 2.41. The van der Waals surface area contributed by atoms with E-state index in [1.165, 1.54) is 11.1 Å². The normalized spacial score (nSPS) is 12.8. The fourth-order valence-corrected chi connectivity index (χ4v) is 2.58. The Morgan fingerprint density at radius 3 is 2.91 bits per heavy atom. The van der Waals surface area contributed by atoms with E-state index in [-0.39, 0.29) is 5.91 Å². The number of benzene rings is 2. The van der Waals surface area contributed by atoms with Crippen molar-refractivity contribution in [2.75, 3.05) is 13.2 Å². The summed E-state index contributed by atoms with van der Waals surface area (Å²) in [6, 6.07) is 13.7. The monoisotopic (exact) mass is 296 g/mol. The SMILES string of the molecule is Cc1cccc(OCCNC(=O)c2ccc3c(c2)CNC3)c1. The van der Waals surface area contributed by atoms with Gasteiger partial charge in [0.15, 0.2) is 0 Å². The van der Waals surface area contributed by atoms with E-state index in [9.17, 15) is 4.79 Å². The highest BCUT2D eigenvalue weighted by Crippen LogP contribution is 2.17. The van der Waals surface area contributed by atoms with Gasteiger partial charge in [0.2, 0.25) is 0 Å². The summed E-state index contributed by atoms with van der Waals surface area (Å²) in [6.07, 6.45) is 0. The molecule has 4 nitrogen and oxygen atoms in total. The zero-order valence-corrected chi connectivity index (χ0v) is 12.7. The number of fused-ring (bicyclic) bond motifs is 1. The van der Waals surface area contributed by atoms with Crippen molar-refractivity contribution in [2.24, 2.45) is 0 Å². The van der Waals surface area contributed by atoms with Gasteiger partial charge in [-0.15, -0.1) is 0 Å². The summed E-state index contributed by atoms with van der Waals surface area (Å²) in [4.78, 5) is 12.1. The lowest BCUT2D eigenvalue weighted by molar-refractivity contribution is 0.0947. The number of carbonyl (C=O) groups excluding carboxylic acids is 1. The first-order valence-electron chi connectivity index (χ1n) is 7.52. The highest BCUT2D eigenvalue weighted by molar-refractivity contribution is 5.94. The third kappa shape index (κ3) is 3.46.